The van der Waals surface area contributed by atoms with E-state index < -0.39 is 0 Å². The van der Waals surface area contributed by atoms with Crippen molar-refractivity contribution in [1.29, 1.82) is 0 Å². The fourth-order valence-corrected chi connectivity index (χ4v) is 3.74. The molecule has 1 aromatic heterocycles. The van der Waals surface area contributed by atoms with Crippen LogP contribution < -0.4 is 4.90 Å². The highest BCUT2D eigenvalue weighted by molar-refractivity contribution is 5.80. The first-order valence-corrected chi connectivity index (χ1v) is 8.70. The van der Waals surface area contributed by atoms with Crippen LogP contribution in [0, 0.1) is 5.92 Å². The van der Waals surface area contributed by atoms with Gasteiger partial charge in [-0.1, -0.05) is 0 Å². The SMILES string of the molecule is COC[C@@H]1[C@H](C(=O)N2CCN(c3ncccn3)CC2)CCCN1C. The number of anilines is 1. The van der Waals surface area contributed by atoms with Gasteiger partial charge >= 0.3 is 0 Å². The molecule has 3 heterocycles. The van der Waals surface area contributed by atoms with Crippen LogP contribution in [0.3, 0.4) is 0 Å². The topological polar surface area (TPSA) is 61.8 Å². The van der Waals surface area contributed by atoms with E-state index in [0.29, 0.717) is 6.61 Å². The van der Waals surface area contributed by atoms with Gasteiger partial charge in [0.1, 0.15) is 0 Å². The van der Waals surface area contributed by atoms with Gasteiger partial charge in [-0.2, -0.15) is 0 Å². The van der Waals surface area contributed by atoms with E-state index in [1.807, 2.05) is 11.0 Å². The number of hydrogen-bond donors (Lipinski definition) is 0. The number of likely N-dealkylation sites (N-methyl/N-ethyl adjacent to an activating group) is 1. The third kappa shape index (κ3) is 3.67. The van der Waals surface area contributed by atoms with Crippen molar-refractivity contribution in [2.75, 3.05) is 58.4 Å². The Balaban J connectivity index is 1.60. The largest absolute Gasteiger partial charge is 0.383 e. The van der Waals surface area contributed by atoms with Crippen LogP contribution in [0.15, 0.2) is 18.5 Å². The predicted molar refractivity (Wildman–Crippen MR) is 91.8 cm³/mol. The minimum atomic E-state index is 0.0447. The Hall–Kier alpha value is -1.73. The second-order valence-corrected chi connectivity index (χ2v) is 6.61. The molecule has 0 aliphatic carbocycles. The number of hydrogen-bond acceptors (Lipinski definition) is 6. The van der Waals surface area contributed by atoms with Crippen LogP contribution in [0.4, 0.5) is 5.95 Å². The Morgan fingerprint density at radius 3 is 2.58 bits per heavy atom. The molecule has 24 heavy (non-hydrogen) atoms. The molecule has 3 rings (SSSR count). The highest BCUT2D eigenvalue weighted by Gasteiger charge is 2.37. The first-order chi connectivity index (χ1) is 11.7. The van der Waals surface area contributed by atoms with Gasteiger partial charge in [0.15, 0.2) is 0 Å². The summed E-state index contributed by atoms with van der Waals surface area (Å²) in [6.07, 6.45) is 5.55. The average Bonchev–Trinajstić information content (AvgIpc) is 2.64. The zero-order valence-electron chi connectivity index (χ0n) is 14.6. The van der Waals surface area contributed by atoms with E-state index >= 15 is 0 Å². The van der Waals surface area contributed by atoms with Crippen LogP contribution >= 0.6 is 0 Å². The smallest absolute Gasteiger partial charge is 0.227 e. The van der Waals surface area contributed by atoms with Gasteiger partial charge in [0, 0.05) is 51.7 Å². The van der Waals surface area contributed by atoms with Crippen molar-refractivity contribution in [3.63, 3.8) is 0 Å². The van der Waals surface area contributed by atoms with Crippen molar-refractivity contribution < 1.29 is 9.53 Å². The Morgan fingerprint density at radius 1 is 1.21 bits per heavy atom. The third-order valence-corrected chi connectivity index (χ3v) is 5.14. The van der Waals surface area contributed by atoms with Gasteiger partial charge in [-0.15, -0.1) is 0 Å². The molecule has 1 amide bonds. The molecule has 7 nitrogen and oxygen atoms in total. The summed E-state index contributed by atoms with van der Waals surface area (Å²) >= 11 is 0. The summed E-state index contributed by atoms with van der Waals surface area (Å²) in [4.78, 5) is 28.0. The van der Waals surface area contributed by atoms with Gasteiger partial charge in [0.2, 0.25) is 11.9 Å². The highest BCUT2D eigenvalue weighted by Crippen LogP contribution is 2.25. The van der Waals surface area contributed by atoms with Crippen LogP contribution in [0.5, 0.6) is 0 Å². The first kappa shape index (κ1) is 17.1. The molecular weight excluding hydrogens is 306 g/mol. The molecule has 2 atom stereocenters. The average molecular weight is 333 g/mol. The molecule has 132 valence electrons. The molecule has 0 aromatic carbocycles. The maximum absolute atomic E-state index is 13.0. The summed E-state index contributed by atoms with van der Waals surface area (Å²) in [7, 11) is 3.80. The van der Waals surface area contributed by atoms with Crippen LogP contribution in [0.1, 0.15) is 12.8 Å². The van der Waals surface area contributed by atoms with E-state index in [0.717, 1.165) is 51.5 Å². The van der Waals surface area contributed by atoms with E-state index in [1.165, 1.54) is 0 Å². The number of aromatic nitrogens is 2. The highest BCUT2D eigenvalue weighted by atomic mass is 16.5. The standard InChI is InChI=1S/C17H27N5O2/c1-20-8-3-5-14(15(20)13-24-2)16(23)21-9-11-22(12-10-21)17-18-6-4-7-19-17/h4,6-7,14-15H,3,5,8-13H2,1-2H3/t14-,15-/m1/s1. The van der Waals surface area contributed by atoms with Gasteiger partial charge in [0.25, 0.3) is 0 Å². The van der Waals surface area contributed by atoms with E-state index in [4.69, 9.17) is 4.74 Å². The van der Waals surface area contributed by atoms with E-state index in [-0.39, 0.29) is 17.9 Å². The Bertz CT molecular complexity index is 533. The van der Waals surface area contributed by atoms with Gasteiger partial charge in [-0.05, 0) is 32.5 Å². The first-order valence-electron chi connectivity index (χ1n) is 8.70. The fourth-order valence-electron chi connectivity index (χ4n) is 3.74. The van der Waals surface area contributed by atoms with Crippen molar-refractivity contribution in [3.05, 3.63) is 18.5 Å². The van der Waals surface area contributed by atoms with Crippen LogP contribution in [0.2, 0.25) is 0 Å². The lowest BCUT2D eigenvalue weighted by molar-refractivity contribution is -0.140. The maximum atomic E-state index is 13.0. The lowest BCUT2D eigenvalue weighted by atomic mass is 9.88. The number of rotatable bonds is 4. The summed E-state index contributed by atoms with van der Waals surface area (Å²) in [6.45, 7) is 4.69. The number of nitrogens with zero attached hydrogens (tertiary/aromatic N) is 5. The molecule has 0 N–H and O–H groups in total. The Kier molecular flexibility index (Phi) is 5.63. The van der Waals surface area contributed by atoms with Gasteiger partial charge in [-0.25, -0.2) is 9.97 Å². The Morgan fingerprint density at radius 2 is 1.92 bits per heavy atom. The lowest BCUT2D eigenvalue weighted by Crippen LogP contribution is -2.56. The summed E-state index contributed by atoms with van der Waals surface area (Å²) in [5.74, 6) is 1.07. The van der Waals surface area contributed by atoms with Crippen molar-refractivity contribution in [1.82, 2.24) is 19.8 Å². The molecule has 0 unspecified atom stereocenters. The normalized spacial score (nSPS) is 25.8. The quantitative estimate of drug-likeness (QED) is 0.799. The van der Waals surface area contributed by atoms with E-state index in [9.17, 15) is 4.79 Å². The molecule has 0 bridgehead atoms. The van der Waals surface area contributed by atoms with Crippen molar-refractivity contribution in [2.45, 2.75) is 18.9 Å². The minimum Gasteiger partial charge on any atom is -0.383 e. The molecule has 2 saturated heterocycles. The van der Waals surface area contributed by atoms with Crippen LogP contribution in [0.25, 0.3) is 0 Å². The number of methoxy groups -OCH3 is 1. The van der Waals surface area contributed by atoms with Crippen LogP contribution in [-0.2, 0) is 9.53 Å². The van der Waals surface area contributed by atoms with Crippen molar-refractivity contribution >= 4 is 11.9 Å². The monoisotopic (exact) mass is 333 g/mol. The minimum absolute atomic E-state index is 0.0447. The van der Waals surface area contributed by atoms with Gasteiger partial charge in [-0.3, -0.25) is 4.79 Å². The molecule has 2 fully saturated rings. The molecule has 0 spiro atoms. The fraction of sp³-hybridized carbons (Fsp3) is 0.706. The second-order valence-electron chi connectivity index (χ2n) is 6.61. The molecular formula is C17H27N5O2. The van der Waals surface area contributed by atoms with Gasteiger partial charge < -0.3 is 19.4 Å². The molecule has 1 aromatic rings. The summed E-state index contributed by atoms with van der Waals surface area (Å²) < 4.78 is 5.36. The van der Waals surface area contributed by atoms with Gasteiger partial charge in [0.05, 0.1) is 12.5 Å². The zero-order valence-corrected chi connectivity index (χ0v) is 14.6. The number of amides is 1. The molecule has 0 saturated carbocycles. The third-order valence-electron chi connectivity index (χ3n) is 5.14. The maximum Gasteiger partial charge on any atom is 0.227 e. The number of piperidine rings is 1. The predicted octanol–water partition coefficient (Wildman–Crippen LogP) is 0.482. The number of carbonyl (C=O) groups excluding carboxylic acids is 1. The Labute approximate surface area is 143 Å². The number of likely N-dealkylation sites (tertiary alicyclic amines) is 1. The number of piperazine rings is 1. The molecule has 0 radical (unpaired) electrons. The molecule has 7 heteroatoms. The number of carbonyl (C=O) groups is 1. The summed E-state index contributed by atoms with van der Waals surface area (Å²) in [6, 6.07) is 2.01. The second kappa shape index (κ2) is 7.90. The summed E-state index contributed by atoms with van der Waals surface area (Å²) in [5, 5.41) is 0. The van der Waals surface area contributed by atoms with E-state index in [2.05, 4.69) is 26.8 Å². The van der Waals surface area contributed by atoms with Crippen LogP contribution in [-0.4, -0.2) is 85.2 Å². The zero-order chi connectivity index (χ0) is 16.9. The van der Waals surface area contributed by atoms with E-state index in [1.54, 1.807) is 19.5 Å². The number of ether oxygens (including phenoxy) is 1. The lowest BCUT2D eigenvalue weighted by Gasteiger charge is -2.42. The molecule has 2 aliphatic rings. The van der Waals surface area contributed by atoms with Crippen molar-refractivity contribution in [2.24, 2.45) is 5.92 Å². The summed E-state index contributed by atoms with van der Waals surface area (Å²) in [5.41, 5.74) is 0. The molecule has 2 aliphatic heterocycles. The van der Waals surface area contributed by atoms with Crippen molar-refractivity contribution in [3.8, 4) is 0 Å².